The van der Waals surface area contributed by atoms with Crippen molar-refractivity contribution >= 4 is 38.4 Å². The van der Waals surface area contributed by atoms with Crippen LogP contribution in [-0.4, -0.2) is 20.7 Å². The first kappa shape index (κ1) is 14.4. The van der Waals surface area contributed by atoms with E-state index in [1.807, 2.05) is 19.3 Å². The molecule has 1 aliphatic rings. The van der Waals surface area contributed by atoms with Gasteiger partial charge in [0.25, 0.3) is 5.91 Å². The fourth-order valence-corrected chi connectivity index (χ4v) is 3.12. The molecule has 1 saturated carbocycles. The molecule has 0 radical (unpaired) electrons. The molecule has 0 bridgehead atoms. The second-order valence-electron chi connectivity index (χ2n) is 5.87. The predicted octanol–water partition coefficient (Wildman–Crippen LogP) is 3.86. The van der Waals surface area contributed by atoms with Crippen molar-refractivity contribution in [3.05, 3.63) is 52.4 Å². The predicted molar refractivity (Wildman–Crippen MR) is 92.6 cm³/mol. The molecule has 2 heterocycles. The van der Waals surface area contributed by atoms with Crippen LogP contribution in [0.25, 0.3) is 10.9 Å². The lowest BCUT2D eigenvalue weighted by molar-refractivity contribution is 0.102. The molecule has 0 aliphatic heterocycles. The molecule has 116 valence electrons. The Morgan fingerprint density at radius 3 is 2.91 bits per heavy atom. The first-order chi connectivity index (χ1) is 11.1. The monoisotopic (exact) mass is 370 g/mol. The largest absolute Gasteiger partial charge is 0.320 e. The van der Waals surface area contributed by atoms with Crippen molar-refractivity contribution in [3.8, 4) is 0 Å². The van der Waals surface area contributed by atoms with Crippen LogP contribution in [0.15, 0.2) is 41.1 Å². The van der Waals surface area contributed by atoms with Gasteiger partial charge >= 0.3 is 0 Å². The number of nitrogens with one attached hydrogen (secondary N) is 1. The van der Waals surface area contributed by atoms with Crippen molar-refractivity contribution in [3.63, 3.8) is 0 Å². The summed E-state index contributed by atoms with van der Waals surface area (Å²) < 4.78 is 2.44. The number of aryl methyl sites for hydroxylation is 1. The number of carbonyl (C=O) groups is 1. The van der Waals surface area contributed by atoms with Crippen LogP contribution in [0, 0.1) is 0 Å². The summed E-state index contributed by atoms with van der Waals surface area (Å²) in [6.07, 6.45) is 4.28. The SMILES string of the molecule is Cn1cc2cc(NC(=O)c3cccc(Br)n3)c(C3CC3)cc2n1. The van der Waals surface area contributed by atoms with Gasteiger partial charge in [-0.25, -0.2) is 4.98 Å². The van der Waals surface area contributed by atoms with Crippen LogP contribution in [0.2, 0.25) is 0 Å². The molecule has 6 heteroatoms. The lowest BCUT2D eigenvalue weighted by Crippen LogP contribution is -2.14. The Morgan fingerprint density at radius 1 is 1.35 bits per heavy atom. The molecule has 1 aliphatic carbocycles. The minimum absolute atomic E-state index is 0.198. The number of anilines is 1. The third kappa shape index (κ3) is 2.86. The molecule has 1 amide bonds. The van der Waals surface area contributed by atoms with Crippen LogP contribution in [0.4, 0.5) is 5.69 Å². The van der Waals surface area contributed by atoms with E-state index in [4.69, 9.17) is 0 Å². The quantitative estimate of drug-likeness (QED) is 0.712. The number of benzene rings is 1. The van der Waals surface area contributed by atoms with Crippen molar-refractivity contribution in [2.24, 2.45) is 7.05 Å². The minimum atomic E-state index is -0.198. The summed E-state index contributed by atoms with van der Waals surface area (Å²) in [5, 5.41) is 8.50. The highest BCUT2D eigenvalue weighted by Gasteiger charge is 2.27. The van der Waals surface area contributed by atoms with Gasteiger partial charge in [0.05, 0.1) is 5.52 Å². The van der Waals surface area contributed by atoms with Gasteiger partial charge in [-0.1, -0.05) is 6.07 Å². The first-order valence-corrected chi connectivity index (χ1v) is 8.30. The third-order valence-corrected chi connectivity index (χ3v) is 4.44. The Morgan fingerprint density at radius 2 is 2.17 bits per heavy atom. The molecule has 0 unspecified atom stereocenters. The average molecular weight is 371 g/mol. The molecule has 0 saturated heterocycles. The van der Waals surface area contributed by atoms with Gasteiger partial charge in [0.1, 0.15) is 10.3 Å². The van der Waals surface area contributed by atoms with Crippen LogP contribution in [0.1, 0.15) is 34.8 Å². The summed E-state index contributed by atoms with van der Waals surface area (Å²) in [5.41, 5.74) is 3.39. The molecular weight excluding hydrogens is 356 g/mol. The van der Waals surface area contributed by atoms with Gasteiger partial charge in [-0.15, -0.1) is 0 Å². The van der Waals surface area contributed by atoms with Gasteiger partial charge in [0.15, 0.2) is 0 Å². The molecular formula is C17H15BrN4O. The van der Waals surface area contributed by atoms with Gasteiger partial charge in [0, 0.05) is 24.3 Å². The van der Waals surface area contributed by atoms with Crippen LogP contribution in [0.5, 0.6) is 0 Å². The standard InChI is InChI=1S/C17H15BrN4O/c1-22-9-11-7-15(12(10-5-6-10)8-14(11)21-22)20-17(23)13-3-2-4-16(18)19-13/h2-4,7-10H,5-6H2,1H3,(H,20,23). The zero-order chi connectivity index (χ0) is 16.0. The second kappa shape index (κ2) is 5.45. The van der Waals surface area contributed by atoms with Crippen molar-refractivity contribution in [2.45, 2.75) is 18.8 Å². The van der Waals surface area contributed by atoms with Crippen molar-refractivity contribution in [2.75, 3.05) is 5.32 Å². The number of amides is 1. The number of nitrogens with zero attached hydrogens (tertiary/aromatic N) is 3. The molecule has 1 N–H and O–H groups in total. The van der Waals surface area contributed by atoms with E-state index < -0.39 is 0 Å². The highest BCUT2D eigenvalue weighted by molar-refractivity contribution is 9.10. The number of aromatic nitrogens is 3. The minimum Gasteiger partial charge on any atom is -0.320 e. The van der Waals surface area contributed by atoms with Gasteiger partial charge in [0.2, 0.25) is 0 Å². The first-order valence-electron chi connectivity index (χ1n) is 7.51. The normalized spacial score (nSPS) is 14.2. The lowest BCUT2D eigenvalue weighted by Gasteiger charge is -2.11. The Bertz CT molecular complexity index is 914. The Hall–Kier alpha value is -2.21. The molecule has 5 nitrogen and oxygen atoms in total. The summed E-state index contributed by atoms with van der Waals surface area (Å²) in [4.78, 5) is 16.7. The van der Waals surface area contributed by atoms with Crippen LogP contribution in [-0.2, 0) is 7.05 Å². The van der Waals surface area contributed by atoms with Gasteiger partial charge in [-0.05, 0) is 64.5 Å². The van der Waals surface area contributed by atoms with Gasteiger partial charge in [-0.2, -0.15) is 5.10 Å². The smallest absolute Gasteiger partial charge is 0.274 e. The number of fused-ring (bicyclic) bond motifs is 1. The van der Waals surface area contributed by atoms with E-state index in [9.17, 15) is 4.79 Å². The number of carbonyl (C=O) groups excluding carboxylic acids is 1. The van der Waals surface area contributed by atoms with E-state index in [0.29, 0.717) is 16.2 Å². The highest BCUT2D eigenvalue weighted by Crippen LogP contribution is 2.44. The average Bonchev–Trinajstić information content (AvgIpc) is 3.28. The highest BCUT2D eigenvalue weighted by atomic mass is 79.9. The third-order valence-electron chi connectivity index (χ3n) is 4.00. The number of pyridine rings is 1. The van der Waals surface area contributed by atoms with E-state index in [1.54, 1.807) is 22.9 Å². The number of hydrogen-bond acceptors (Lipinski definition) is 3. The van der Waals surface area contributed by atoms with E-state index in [1.165, 1.54) is 5.56 Å². The molecule has 4 rings (SSSR count). The van der Waals surface area contributed by atoms with Crippen molar-refractivity contribution < 1.29 is 4.79 Å². The maximum Gasteiger partial charge on any atom is 0.274 e. The number of halogens is 1. The summed E-state index contributed by atoms with van der Waals surface area (Å²) in [7, 11) is 1.90. The van der Waals surface area contributed by atoms with Crippen molar-refractivity contribution in [1.29, 1.82) is 0 Å². The summed E-state index contributed by atoms with van der Waals surface area (Å²) in [6, 6.07) is 9.41. The molecule has 0 atom stereocenters. The second-order valence-corrected chi connectivity index (χ2v) is 6.69. The summed E-state index contributed by atoms with van der Waals surface area (Å²) in [6.45, 7) is 0. The maximum absolute atomic E-state index is 12.5. The zero-order valence-corrected chi connectivity index (χ0v) is 14.2. The fraction of sp³-hybridized carbons (Fsp3) is 0.235. The van der Waals surface area contributed by atoms with Crippen LogP contribution < -0.4 is 5.32 Å². The molecule has 1 fully saturated rings. The molecule has 23 heavy (non-hydrogen) atoms. The van der Waals surface area contributed by atoms with E-state index >= 15 is 0 Å². The van der Waals surface area contributed by atoms with E-state index in [0.717, 1.165) is 29.4 Å². The number of rotatable bonds is 3. The maximum atomic E-state index is 12.5. The number of hydrogen-bond donors (Lipinski definition) is 1. The molecule has 2 aromatic heterocycles. The topological polar surface area (TPSA) is 59.8 Å². The molecule has 1 aromatic carbocycles. The molecule has 0 spiro atoms. The van der Waals surface area contributed by atoms with Gasteiger partial charge < -0.3 is 5.32 Å². The van der Waals surface area contributed by atoms with Crippen LogP contribution in [0.3, 0.4) is 0 Å². The Kier molecular flexibility index (Phi) is 3.41. The summed E-state index contributed by atoms with van der Waals surface area (Å²) >= 11 is 3.30. The molecule has 3 aromatic rings. The van der Waals surface area contributed by atoms with E-state index in [-0.39, 0.29) is 5.91 Å². The van der Waals surface area contributed by atoms with Crippen molar-refractivity contribution in [1.82, 2.24) is 14.8 Å². The summed E-state index contributed by atoms with van der Waals surface area (Å²) in [5.74, 6) is 0.323. The Labute approximate surface area is 141 Å². The lowest BCUT2D eigenvalue weighted by atomic mass is 10.1. The zero-order valence-electron chi connectivity index (χ0n) is 12.6. The van der Waals surface area contributed by atoms with Gasteiger partial charge in [-0.3, -0.25) is 9.48 Å². The fourth-order valence-electron chi connectivity index (χ4n) is 2.77. The van der Waals surface area contributed by atoms with E-state index in [2.05, 4.69) is 37.4 Å². The van der Waals surface area contributed by atoms with Crippen LogP contribution >= 0.6 is 15.9 Å². The Balaban J connectivity index is 1.72.